The van der Waals surface area contributed by atoms with Crippen molar-refractivity contribution in [3.05, 3.63) is 52.1 Å². The summed E-state index contributed by atoms with van der Waals surface area (Å²) < 4.78 is 0. The van der Waals surface area contributed by atoms with Gasteiger partial charge in [-0.15, -0.1) is 0 Å². The topological polar surface area (TPSA) is 89.9 Å². The van der Waals surface area contributed by atoms with Crippen molar-refractivity contribution in [2.75, 3.05) is 11.9 Å². The average Bonchev–Trinajstić information content (AvgIpc) is 2.75. The number of benzene rings is 2. The molecule has 31 heavy (non-hydrogen) atoms. The molecule has 1 aliphatic heterocycles. The number of unbranched alkanes of at least 4 members (excludes halogenated alkanes) is 2. The van der Waals surface area contributed by atoms with Gasteiger partial charge in [0.15, 0.2) is 0 Å². The standard InChI is InChI=1S/C25H32N2O4/c1-5-6-7-8-22(29)27-12-11-18-9-10-19(28)14-20(18)23(27)25(31)26-21-13-15(2)24(30)17(4)16(21)3/h9-10,13-14,23,28,30H,5-8,11-12H2,1-4H3,(H,26,31). The van der Waals surface area contributed by atoms with Crippen LogP contribution in [0.2, 0.25) is 0 Å². The van der Waals surface area contributed by atoms with E-state index >= 15 is 0 Å². The molecule has 0 saturated heterocycles. The molecular weight excluding hydrogens is 392 g/mol. The molecule has 0 aliphatic carbocycles. The Kier molecular flexibility index (Phi) is 6.88. The Labute approximate surface area is 183 Å². The van der Waals surface area contributed by atoms with Crippen LogP contribution in [0.3, 0.4) is 0 Å². The first-order chi connectivity index (χ1) is 14.7. The van der Waals surface area contributed by atoms with Crippen LogP contribution < -0.4 is 5.32 Å². The Morgan fingerprint density at radius 2 is 1.84 bits per heavy atom. The lowest BCUT2D eigenvalue weighted by Crippen LogP contribution is -2.45. The molecule has 2 aromatic carbocycles. The number of nitrogens with zero attached hydrogens (tertiary/aromatic N) is 1. The van der Waals surface area contributed by atoms with Gasteiger partial charge in [0, 0.05) is 18.7 Å². The van der Waals surface area contributed by atoms with E-state index in [4.69, 9.17) is 0 Å². The van der Waals surface area contributed by atoms with Crippen molar-refractivity contribution in [1.82, 2.24) is 4.90 Å². The third kappa shape index (κ3) is 4.68. The molecular formula is C25H32N2O4. The zero-order chi connectivity index (χ0) is 22.7. The molecule has 0 spiro atoms. The number of hydrogen-bond acceptors (Lipinski definition) is 4. The Hall–Kier alpha value is -3.02. The zero-order valence-electron chi connectivity index (χ0n) is 18.8. The molecule has 3 rings (SSSR count). The van der Waals surface area contributed by atoms with Gasteiger partial charge in [-0.3, -0.25) is 9.59 Å². The van der Waals surface area contributed by atoms with Gasteiger partial charge in [0.05, 0.1) is 0 Å². The summed E-state index contributed by atoms with van der Waals surface area (Å²) >= 11 is 0. The van der Waals surface area contributed by atoms with E-state index in [1.807, 2.05) is 19.9 Å². The van der Waals surface area contributed by atoms with Gasteiger partial charge in [-0.05, 0) is 79.6 Å². The molecule has 2 amide bonds. The smallest absolute Gasteiger partial charge is 0.251 e. The average molecular weight is 425 g/mol. The third-order valence-corrected chi connectivity index (χ3v) is 6.23. The van der Waals surface area contributed by atoms with Crippen LogP contribution >= 0.6 is 0 Å². The Bertz CT molecular complexity index is 1000. The van der Waals surface area contributed by atoms with E-state index in [1.165, 1.54) is 0 Å². The van der Waals surface area contributed by atoms with Crippen molar-refractivity contribution in [2.24, 2.45) is 0 Å². The minimum Gasteiger partial charge on any atom is -0.508 e. The predicted molar refractivity (Wildman–Crippen MR) is 121 cm³/mol. The first kappa shape index (κ1) is 22.7. The summed E-state index contributed by atoms with van der Waals surface area (Å²) in [5, 5.41) is 23.2. The monoisotopic (exact) mass is 424 g/mol. The van der Waals surface area contributed by atoms with Gasteiger partial charge >= 0.3 is 0 Å². The van der Waals surface area contributed by atoms with Crippen molar-refractivity contribution in [3.8, 4) is 11.5 Å². The molecule has 0 aromatic heterocycles. The number of carbonyl (C=O) groups is 2. The number of hydrogen-bond donors (Lipinski definition) is 3. The Balaban J connectivity index is 1.96. The first-order valence-electron chi connectivity index (χ1n) is 11.0. The number of phenolic OH excluding ortho intramolecular Hbond substituents is 2. The molecule has 2 aromatic rings. The molecule has 3 N–H and O–H groups in total. The van der Waals surface area contributed by atoms with Crippen molar-refractivity contribution in [3.63, 3.8) is 0 Å². The second-order valence-electron chi connectivity index (χ2n) is 8.41. The molecule has 1 heterocycles. The zero-order valence-corrected chi connectivity index (χ0v) is 18.8. The maximum absolute atomic E-state index is 13.5. The summed E-state index contributed by atoms with van der Waals surface area (Å²) in [6.07, 6.45) is 3.84. The van der Waals surface area contributed by atoms with Crippen LogP contribution in [-0.2, 0) is 16.0 Å². The highest BCUT2D eigenvalue weighted by atomic mass is 16.3. The summed E-state index contributed by atoms with van der Waals surface area (Å²) in [6.45, 7) is 8.00. The van der Waals surface area contributed by atoms with Crippen LogP contribution in [0.15, 0.2) is 24.3 Å². The molecule has 0 bridgehead atoms. The number of rotatable bonds is 6. The van der Waals surface area contributed by atoms with Gasteiger partial charge in [0.1, 0.15) is 17.5 Å². The van der Waals surface area contributed by atoms with Gasteiger partial charge in [-0.2, -0.15) is 0 Å². The van der Waals surface area contributed by atoms with E-state index < -0.39 is 6.04 Å². The summed E-state index contributed by atoms with van der Waals surface area (Å²) in [6, 6.07) is 5.96. The predicted octanol–water partition coefficient (Wildman–Crippen LogP) is 4.67. The summed E-state index contributed by atoms with van der Waals surface area (Å²) in [7, 11) is 0. The van der Waals surface area contributed by atoms with Gasteiger partial charge in [-0.1, -0.05) is 25.8 Å². The van der Waals surface area contributed by atoms with Crippen LogP contribution in [0.25, 0.3) is 0 Å². The lowest BCUT2D eigenvalue weighted by Gasteiger charge is -2.36. The fraction of sp³-hybridized carbons (Fsp3) is 0.440. The highest BCUT2D eigenvalue weighted by Gasteiger charge is 2.36. The number of anilines is 1. The molecule has 0 radical (unpaired) electrons. The van der Waals surface area contributed by atoms with Crippen molar-refractivity contribution in [1.29, 1.82) is 0 Å². The fourth-order valence-electron chi connectivity index (χ4n) is 4.22. The lowest BCUT2D eigenvalue weighted by atomic mass is 9.91. The van der Waals surface area contributed by atoms with E-state index in [0.29, 0.717) is 41.8 Å². The van der Waals surface area contributed by atoms with Gasteiger partial charge in [0.25, 0.3) is 5.91 Å². The highest BCUT2D eigenvalue weighted by Crippen LogP contribution is 2.36. The number of fused-ring (bicyclic) bond motifs is 1. The number of nitrogens with one attached hydrogen (secondary N) is 1. The van der Waals surface area contributed by atoms with E-state index in [-0.39, 0.29) is 23.3 Å². The normalized spacial score (nSPS) is 15.5. The largest absolute Gasteiger partial charge is 0.508 e. The van der Waals surface area contributed by atoms with E-state index in [9.17, 15) is 19.8 Å². The second-order valence-corrected chi connectivity index (χ2v) is 8.41. The van der Waals surface area contributed by atoms with Crippen molar-refractivity contribution < 1.29 is 19.8 Å². The molecule has 1 aliphatic rings. The third-order valence-electron chi connectivity index (χ3n) is 6.23. The maximum Gasteiger partial charge on any atom is 0.251 e. The summed E-state index contributed by atoms with van der Waals surface area (Å²) in [4.78, 5) is 28.1. The van der Waals surface area contributed by atoms with E-state index in [1.54, 1.807) is 30.0 Å². The number of carbonyl (C=O) groups excluding carboxylic acids is 2. The number of phenols is 2. The Morgan fingerprint density at radius 1 is 1.10 bits per heavy atom. The molecule has 166 valence electrons. The van der Waals surface area contributed by atoms with Crippen LogP contribution in [-0.4, -0.2) is 33.5 Å². The molecule has 6 heteroatoms. The highest BCUT2D eigenvalue weighted by molar-refractivity contribution is 5.99. The Morgan fingerprint density at radius 3 is 2.55 bits per heavy atom. The van der Waals surface area contributed by atoms with Crippen LogP contribution in [0.4, 0.5) is 5.69 Å². The lowest BCUT2D eigenvalue weighted by molar-refractivity contribution is -0.139. The minimum absolute atomic E-state index is 0.0441. The van der Waals surface area contributed by atoms with E-state index in [2.05, 4.69) is 12.2 Å². The van der Waals surface area contributed by atoms with Crippen LogP contribution in [0.5, 0.6) is 11.5 Å². The fourth-order valence-corrected chi connectivity index (χ4v) is 4.22. The second kappa shape index (κ2) is 9.41. The molecule has 1 unspecified atom stereocenters. The van der Waals surface area contributed by atoms with Crippen LogP contribution in [0.1, 0.15) is 66.5 Å². The van der Waals surface area contributed by atoms with Gasteiger partial charge in [0.2, 0.25) is 5.91 Å². The maximum atomic E-state index is 13.5. The summed E-state index contributed by atoms with van der Waals surface area (Å²) in [5.74, 6) is -0.0686. The van der Waals surface area contributed by atoms with Crippen LogP contribution in [0, 0.1) is 20.8 Å². The number of amides is 2. The van der Waals surface area contributed by atoms with Crippen molar-refractivity contribution in [2.45, 2.75) is 65.8 Å². The quantitative estimate of drug-likeness (QED) is 0.464. The van der Waals surface area contributed by atoms with E-state index in [0.717, 1.165) is 30.4 Å². The van der Waals surface area contributed by atoms with Crippen molar-refractivity contribution >= 4 is 17.5 Å². The first-order valence-corrected chi connectivity index (χ1v) is 11.0. The molecule has 0 saturated carbocycles. The number of aromatic hydroxyl groups is 2. The minimum atomic E-state index is -0.807. The molecule has 0 fully saturated rings. The SMILES string of the molecule is CCCCCC(=O)N1CCc2ccc(O)cc2C1C(=O)Nc1cc(C)c(O)c(C)c1C. The molecule has 6 nitrogen and oxygen atoms in total. The van der Waals surface area contributed by atoms with Gasteiger partial charge in [-0.25, -0.2) is 0 Å². The number of aryl methyl sites for hydroxylation is 1. The molecule has 1 atom stereocenters. The summed E-state index contributed by atoms with van der Waals surface area (Å²) in [5.41, 5.74) is 4.41. The van der Waals surface area contributed by atoms with Gasteiger partial charge < -0.3 is 20.4 Å².